The summed E-state index contributed by atoms with van der Waals surface area (Å²) in [6, 6.07) is 5.77. The molecule has 0 aliphatic carbocycles. The molecule has 3 heterocycles. The number of hydrogen-bond donors (Lipinski definition) is 1. The number of benzene rings is 1. The highest BCUT2D eigenvalue weighted by Gasteiger charge is 2.49. The van der Waals surface area contributed by atoms with Crippen molar-refractivity contribution >= 4 is 17.9 Å². The normalized spacial score (nSPS) is 24.5. The molecule has 1 aromatic rings. The highest BCUT2D eigenvalue weighted by atomic mass is 19.1. The number of fused-ring (bicyclic) bond motifs is 1. The fraction of sp³-hybridized carbons (Fsp3) is 0.591. The monoisotopic (exact) mass is 430 g/mol. The third-order valence-electron chi connectivity index (χ3n) is 6.26. The highest BCUT2D eigenvalue weighted by molar-refractivity contribution is 6.03. The van der Waals surface area contributed by atoms with Crippen molar-refractivity contribution in [2.24, 2.45) is 10.9 Å². The van der Waals surface area contributed by atoms with Gasteiger partial charge in [0.25, 0.3) is 5.91 Å². The maximum absolute atomic E-state index is 13.2. The Bertz CT molecular complexity index is 850. The number of guanidine groups is 1. The van der Waals surface area contributed by atoms with Crippen LogP contribution in [0.1, 0.15) is 25.8 Å². The van der Waals surface area contributed by atoms with Gasteiger partial charge in [-0.2, -0.15) is 0 Å². The summed E-state index contributed by atoms with van der Waals surface area (Å²) in [6.07, 6.45) is 0.457. The van der Waals surface area contributed by atoms with Crippen molar-refractivity contribution in [1.82, 2.24) is 24.9 Å². The smallest absolute Gasteiger partial charge is 0.325 e. The average Bonchev–Trinajstić information content (AvgIpc) is 3.13. The predicted molar refractivity (Wildman–Crippen MR) is 116 cm³/mol. The minimum Gasteiger partial charge on any atom is -0.340 e. The second kappa shape index (κ2) is 8.82. The van der Waals surface area contributed by atoms with Crippen LogP contribution in [0.25, 0.3) is 0 Å². The van der Waals surface area contributed by atoms with Gasteiger partial charge in [0, 0.05) is 46.3 Å². The topological polar surface area (TPSA) is 71.5 Å². The second-order valence-electron chi connectivity index (χ2n) is 8.96. The molecule has 0 spiro atoms. The fourth-order valence-electron chi connectivity index (χ4n) is 4.37. The molecule has 1 N–H and O–H groups in total. The summed E-state index contributed by atoms with van der Waals surface area (Å²) in [4.78, 5) is 37.8. The number of nitrogens with zero attached hydrogens (tertiary/aromatic N) is 5. The molecule has 9 heteroatoms. The summed E-state index contributed by atoms with van der Waals surface area (Å²) < 4.78 is 13.2. The lowest BCUT2D eigenvalue weighted by Crippen LogP contribution is -2.64. The van der Waals surface area contributed by atoms with Crippen molar-refractivity contribution in [3.8, 4) is 0 Å². The third-order valence-corrected chi connectivity index (χ3v) is 6.26. The van der Waals surface area contributed by atoms with Crippen LogP contribution in [0, 0.1) is 11.7 Å². The Morgan fingerprint density at radius 2 is 1.81 bits per heavy atom. The summed E-state index contributed by atoms with van der Waals surface area (Å²) >= 11 is 0. The van der Waals surface area contributed by atoms with Gasteiger partial charge in [0.15, 0.2) is 18.2 Å². The zero-order valence-electron chi connectivity index (χ0n) is 18.4. The van der Waals surface area contributed by atoms with Crippen LogP contribution in [0.4, 0.5) is 9.18 Å². The molecule has 8 nitrogen and oxygen atoms in total. The van der Waals surface area contributed by atoms with Crippen molar-refractivity contribution in [3.05, 3.63) is 35.6 Å². The Morgan fingerprint density at radius 1 is 1.13 bits per heavy atom. The van der Waals surface area contributed by atoms with Gasteiger partial charge in [0.05, 0.1) is 0 Å². The number of hydrogen-bond acceptors (Lipinski definition) is 6. The molecule has 3 aliphatic rings. The van der Waals surface area contributed by atoms with Crippen molar-refractivity contribution in [3.63, 3.8) is 0 Å². The van der Waals surface area contributed by atoms with E-state index in [1.165, 1.54) is 17.0 Å². The number of amides is 3. The lowest BCUT2D eigenvalue weighted by molar-refractivity contribution is -0.127. The van der Waals surface area contributed by atoms with E-state index in [1.807, 2.05) is 12.1 Å². The molecule has 2 saturated heterocycles. The van der Waals surface area contributed by atoms with Crippen LogP contribution in [0.5, 0.6) is 0 Å². The summed E-state index contributed by atoms with van der Waals surface area (Å²) in [5.74, 6) is 0.821. The minimum absolute atomic E-state index is 0.219. The Kier molecular flexibility index (Phi) is 6.13. The molecule has 168 valence electrons. The zero-order valence-corrected chi connectivity index (χ0v) is 18.4. The first-order chi connectivity index (χ1) is 14.8. The lowest BCUT2D eigenvalue weighted by Gasteiger charge is -2.40. The molecule has 2 atom stereocenters. The quantitative estimate of drug-likeness (QED) is 0.767. The van der Waals surface area contributed by atoms with Gasteiger partial charge in [-0.25, -0.2) is 14.2 Å². The fourth-order valence-corrected chi connectivity index (χ4v) is 4.37. The van der Waals surface area contributed by atoms with Gasteiger partial charge in [0.1, 0.15) is 5.82 Å². The number of aliphatic imine (C=N–C) groups is 1. The largest absolute Gasteiger partial charge is 0.340 e. The van der Waals surface area contributed by atoms with Crippen LogP contribution in [0.3, 0.4) is 0 Å². The zero-order chi connectivity index (χ0) is 22.1. The van der Waals surface area contributed by atoms with Crippen LogP contribution in [-0.4, -0.2) is 89.5 Å². The molecular weight excluding hydrogens is 399 g/mol. The van der Waals surface area contributed by atoms with E-state index in [9.17, 15) is 14.0 Å². The van der Waals surface area contributed by atoms with E-state index in [0.717, 1.165) is 57.2 Å². The van der Waals surface area contributed by atoms with Gasteiger partial charge in [-0.1, -0.05) is 26.0 Å². The number of halogens is 1. The van der Waals surface area contributed by atoms with Gasteiger partial charge in [0.2, 0.25) is 0 Å². The van der Waals surface area contributed by atoms with Gasteiger partial charge in [-0.3, -0.25) is 15.0 Å². The van der Waals surface area contributed by atoms with E-state index in [4.69, 9.17) is 4.99 Å². The number of urea groups is 1. The number of likely N-dealkylation sites (N-methyl/N-ethyl adjacent to an activating group) is 1. The van der Waals surface area contributed by atoms with Crippen molar-refractivity contribution in [1.29, 1.82) is 0 Å². The van der Waals surface area contributed by atoms with E-state index in [0.29, 0.717) is 5.92 Å². The van der Waals surface area contributed by atoms with Crippen LogP contribution >= 0.6 is 0 Å². The van der Waals surface area contributed by atoms with Crippen LogP contribution in [-0.2, 0) is 11.3 Å². The second-order valence-corrected chi connectivity index (χ2v) is 8.96. The van der Waals surface area contributed by atoms with Gasteiger partial charge in [-0.15, -0.1) is 0 Å². The number of imide groups is 1. The predicted octanol–water partition coefficient (Wildman–Crippen LogP) is 1.54. The third kappa shape index (κ3) is 4.51. The summed E-state index contributed by atoms with van der Waals surface area (Å²) in [6.45, 7) is 9.11. The summed E-state index contributed by atoms with van der Waals surface area (Å²) in [7, 11) is 1.69. The van der Waals surface area contributed by atoms with Gasteiger partial charge in [-0.05, 0) is 30.0 Å². The average molecular weight is 431 g/mol. The van der Waals surface area contributed by atoms with E-state index in [1.54, 1.807) is 7.05 Å². The maximum Gasteiger partial charge on any atom is 0.325 e. The number of nitrogens with one attached hydrogen (secondary N) is 1. The van der Waals surface area contributed by atoms with E-state index in [2.05, 4.69) is 33.9 Å². The van der Waals surface area contributed by atoms with Crippen molar-refractivity contribution in [2.75, 3.05) is 39.8 Å². The first-order valence-corrected chi connectivity index (χ1v) is 11.0. The molecule has 1 aromatic carbocycles. The van der Waals surface area contributed by atoms with E-state index >= 15 is 0 Å². The molecule has 0 radical (unpaired) electrons. The Labute approximate surface area is 182 Å². The van der Waals surface area contributed by atoms with Crippen molar-refractivity contribution in [2.45, 2.75) is 39.0 Å². The van der Waals surface area contributed by atoms with E-state index in [-0.39, 0.29) is 11.7 Å². The maximum atomic E-state index is 13.2. The molecule has 0 aromatic heterocycles. The molecule has 0 bridgehead atoms. The molecule has 2 unspecified atom stereocenters. The van der Waals surface area contributed by atoms with Crippen LogP contribution < -0.4 is 5.32 Å². The van der Waals surface area contributed by atoms with E-state index < -0.39 is 18.2 Å². The van der Waals surface area contributed by atoms with Crippen LogP contribution in [0.15, 0.2) is 29.3 Å². The molecule has 3 aliphatic heterocycles. The molecular formula is C22H31FN6O2. The number of carbonyl (C=O) groups excluding carboxylic acids is 2. The van der Waals surface area contributed by atoms with Gasteiger partial charge >= 0.3 is 6.03 Å². The molecule has 0 saturated carbocycles. The number of carbonyl (C=O) groups is 2. The lowest BCUT2D eigenvalue weighted by atomic mass is 10.1. The molecule has 3 amide bonds. The molecule has 31 heavy (non-hydrogen) atoms. The van der Waals surface area contributed by atoms with Crippen molar-refractivity contribution < 1.29 is 14.0 Å². The molecule has 4 rings (SSSR count). The standard InChI is InChI=1S/C22H31FN6O2/c1-15(2)8-9-29-18-19(26(3)22(31)25-20(18)30)24-21(29)28-12-10-27(11-13-28)14-16-4-6-17(23)7-5-16/h4-7,15,18-19H,8-14H2,1-3H3,(H,25,30,31). The Morgan fingerprint density at radius 3 is 2.45 bits per heavy atom. The van der Waals surface area contributed by atoms with Gasteiger partial charge < -0.3 is 14.7 Å². The van der Waals surface area contributed by atoms with Crippen LogP contribution in [0.2, 0.25) is 0 Å². The Hall–Kier alpha value is -2.68. The molecule has 2 fully saturated rings. The minimum atomic E-state index is -0.486. The SMILES string of the molecule is CC(C)CCN1C(N2CCN(Cc3ccc(F)cc3)CC2)=NC2C1C(=O)NC(=O)N2C. The Balaban J connectivity index is 1.45. The first kappa shape index (κ1) is 21.5. The summed E-state index contributed by atoms with van der Waals surface area (Å²) in [5.41, 5.74) is 1.09. The highest BCUT2D eigenvalue weighted by Crippen LogP contribution is 2.27. The number of rotatable bonds is 5. The first-order valence-electron chi connectivity index (χ1n) is 11.0. The number of piperazine rings is 1. The summed E-state index contributed by atoms with van der Waals surface area (Å²) in [5, 5.41) is 2.46.